The van der Waals surface area contributed by atoms with E-state index >= 15 is 0 Å². The fraction of sp³-hybridized carbons (Fsp3) is 0.438. The van der Waals surface area contributed by atoms with Crippen LogP contribution in [0.25, 0.3) is 11.3 Å². The monoisotopic (exact) mass is 284 g/mol. The van der Waals surface area contributed by atoms with Crippen LogP contribution < -0.4 is 0 Å². The molecule has 21 heavy (non-hydrogen) atoms. The van der Waals surface area contributed by atoms with Crippen molar-refractivity contribution in [2.24, 2.45) is 0 Å². The summed E-state index contributed by atoms with van der Waals surface area (Å²) in [7, 11) is 0. The molecule has 5 heteroatoms. The number of aromatic amines is 1. The topological polar surface area (TPSA) is 61.9 Å². The van der Waals surface area contributed by atoms with Crippen molar-refractivity contribution in [3.63, 3.8) is 0 Å². The summed E-state index contributed by atoms with van der Waals surface area (Å²) in [6, 6.07) is 6.17. The molecular formula is C16H20N4O. The Balaban J connectivity index is 1.84. The molecule has 1 fully saturated rings. The molecule has 1 N–H and O–H groups in total. The van der Waals surface area contributed by atoms with Gasteiger partial charge in [0.2, 0.25) is 0 Å². The summed E-state index contributed by atoms with van der Waals surface area (Å²) in [6.45, 7) is 4.24. The predicted molar refractivity (Wildman–Crippen MR) is 80.8 cm³/mol. The first kappa shape index (κ1) is 13.8. The molecule has 1 amide bonds. The zero-order valence-electron chi connectivity index (χ0n) is 12.4. The van der Waals surface area contributed by atoms with Crippen LogP contribution in [-0.2, 0) is 0 Å². The molecule has 0 aromatic carbocycles. The van der Waals surface area contributed by atoms with E-state index in [-0.39, 0.29) is 18.0 Å². The van der Waals surface area contributed by atoms with Crippen molar-refractivity contribution in [1.29, 1.82) is 0 Å². The number of nitrogens with zero attached hydrogens (tertiary/aromatic N) is 3. The van der Waals surface area contributed by atoms with Gasteiger partial charge in [0.1, 0.15) is 5.69 Å². The maximum absolute atomic E-state index is 12.7. The number of pyridine rings is 1. The maximum Gasteiger partial charge on any atom is 0.272 e. The summed E-state index contributed by atoms with van der Waals surface area (Å²) in [6.07, 6.45) is 6.78. The molecule has 110 valence electrons. The number of carbonyl (C=O) groups excluding carboxylic acids is 1. The Morgan fingerprint density at radius 2 is 1.90 bits per heavy atom. The summed E-state index contributed by atoms with van der Waals surface area (Å²) in [4.78, 5) is 18.7. The first-order valence-electron chi connectivity index (χ1n) is 7.45. The van der Waals surface area contributed by atoms with Crippen molar-refractivity contribution in [3.8, 4) is 11.3 Å². The Morgan fingerprint density at radius 3 is 2.57 bits per heavy atom. The second-order valence-corrected chi connectivity index (χ2v) is 5.74. The van der Waals surface area contributed by atoms with Gasteiger partial charge >= 0.3 is 0 Å². The van der Waals surface area contributed by atoms with E-state index in [0.29, 0.717) is 5.69 Å². The Hall–Kier alpha value is -2.17. The fourth-order valence-corrected chi connectivity index (χ4v) is 3.06. The minimum atomic E-state index is 0.0440. The molecule has 2 atom stereocenters. The van der Waals surface area contributed by atoms with Gasteiger partial charge in [-0.25, -0.2) is 0 Å². The van der Waals surface area contributed by atoms with E-state index in [2.05, 4.69) is 29.0 Å². The molecule has 0 radical (unpaired) electrons. The molecule has 0 bridgehead atoms. The smallest absolute Gasteiger partial charge is 0.272 e. The Morgan fingerprint density at radius 1 is 1.24 bits per heavy atom. The number of H-pyrrole nitrogens is 1. The molecule has 0 saturated carbocycles. The van der Waals surface area contributed by atoms with Crippen LogP contribution in [0.1, 0.15) is 43.6 Å². The highest BCUT2D eigenvalue weighted by molar-refractivity contribution is 5.93. The predicted octanol–water partition coefficient (Wildman–Crippen LogP) is 2.87. The lowest BCUT2D eigenvalue weighted by molar-refractivity contribution is 0.0504. The van der Waals surface area contributed by atoms with Crippen molar-refractivity contribution < 1.29 is 4.79 Å². The highest BCUT2D eigenvalue weighted by Crippen LogP contribution is 2.25. The van der Waals surface area contributed by atoms with E-state index in [4.69, 9.17) is 0 Å². The number of nitrogens with one attached hydrogen (secondary N) is 1. The minimum Gasteiger partial charge on any atom is -0.332 e. The van der Waals surface area contributed by atoms with Gasteiger partial charge in [-0.3, -0.25) is 14.9 Å². The minimum absolute atomic E-state index is 0.0440. The van der Waals surface area contributed by atoms with Gasteiger partial charge in [0.05, 0.1) is 5.69 Å². The van der Waals surface area contributed by atoms with Gasteiger partial charge in [-0.15, -0.1) is 0 Å². The van der Waals surface area contributed by atoms with Crippen LogP contribution >= 0.6 is 0 Å². The van der Waals surface area contributed by atoms with Gasteiger partial charge in [-0.1, -0.05) is 0 Å². The van der Waals surface area contributed by atoms with Crippen LogP contribution in [0.5, 0.6) is 0 Å². The molecule has 3 heterocycles. The zero-order chi connectivity index (χ0) is 14.8. The van der Waals surface area contributed by atoms with Gasteiger partial charge < -0.3 is 4.90 Å². The largest absolute Gasteiger partial charge is 0.332 e. The van der Waals surface area contributed by atoms with Gasteiger partial charge in [0.25, 0.3) is 5.91 Å². The summed E-state index contributed by atoms with van der Waals surface area (Å²) in [5.41, 5.74) is 2.29. The van der Waals surface area contributed by atoms with Crippen molar-refractivity contribution in [2.75, 3.05) is 0 Å². The number of likely N-dealkylation sites (tertiary alicyclic amines) is 1. The maximum atomic E-state index is 12.7. The average Bonchev–Trinajstić information content (AvgIpc) is 2.97. The van der Waals surface area contributed by atoms with E-state index in [9.17, 15) is 4.79 Å². The highest BCUT2D eigenvalue weighted by atomic mass is 16.2. The van der Waals surface area contributed by atoms with E-state index < -0.39 is 0 Å². The zero-order valence-corrected chi connectivity index (χ0v) is 12.4. The Labute approximate surface area is 124 Å². The van der Waals surface area contributed by atoms with Crippen molar-refractivity contribution in [3.05, 3.63) is 36.3 Å². The normalized spacial score (nSPS) is 22.3. The number of amides is 1. The van der Waals surface area contributed by atoms with E-state index in [0.717, 1.165) is 24.1 Å². The fourth-order valence-electron chi connectivity index (χ4n) is 3.06. The lowest BCUT2D eigenvalue weighted by Crippen LogP contribution is -2.47. The molecule has 5 nitrogen and oxygen atoms in total. The summed E-state index contributed by atoms with van der Waals surface area (Å²) >= 11 is 0. The van der Waals surface area contributed by atoms with Crippen LogP contribution in [0.15, 0.2) is 30.6 Å². The van der Waals surface area contributed by atoms with Crippen LogP contribution in [0.3, 0.4) is 0 Å². The second-order valence-electron chi connectivity index (χ2n) is 5.74. The van der Waals surface area contributed by atoms with Crippen molar-refractivity contribution >= 4 is 5.91 Å². The lowest BCUT2D eigenvalue weighted by atomic mass is 9.97. The number of piperidine rings is 1. The summed E-state index contributed by atoms with van der Waals surface area (Å²) in [5.74, 6) is 0.0440. The number of hydrogen-bond acceptors (Lipinski definition) is 3. The Bertz CT molecular complexity index is 612. The van der Waals surface area contributed by atoms with Gasteiger partial charge in [0, 0.05) is 30.0 Å². The van der Waals surface area contributed by atoms with Gasteiger partial charge in [0.15, 0.2) is 0 Å². The van der Waals surface area contributed by atoms with Crippen molar-refractivity contribution in [2.45, 2.75) is 45.2 Å². The molecule has 2 aromatic rings. The molecule has 1 saturated heterocycles. The molecule has 0 spiro atoms. The third-order valence-corrected chi connectivity index (χ3v) is 4.21. The SMILES string of the molecule is CC1CCCC(C)N1C(=O)c1cc(-c2ccncc2)n[nH]1. The molecule has 2 unspecified atom stereocenters. The van der Waals surface area contributed by atoms with Crippen LogP contribution in [-0.4, -0.2) is 38.1 Å². The number of carbonyl (C=O) groups is 1. The number of rotatable bonds is 2. The number of aromatic nitrogens is 3. The van der Waals surface area contributed by atoms with Crippen molar-refractivity contribution in [1.82, 2.24) is 20.1 Å². The standard InChI is InChI=1S/C16H20N4O/c1-11-4-3-5-12(2)20(11)16(21)15-10-14(18-19-15)13-6-8-17-9-7-13/h6-12H,3-5H2,1-2H3,(H,18,19). The van der Waals surface area contributed by atoms with E-state index in [1.54, 1.807) is 12.4 Å². The molecular weight excluding hydrogens is 264 g/mol. The highest BCUT2D eigenvalue weighted by Gasteiger charge is 2.30. The van der Waals surface area contributed by atoms with Crippen LogP contribution in [0.2, 0.25) is 0 Å². The van der Waals surface area contributed by atoms with E-state index in [1.807, 2.05) is 23.1 Å². The molecule has 1 aliphatic rings. The van der Waals surface area contributed by atoms with Crippen LogP contribution in [0, 0.1) is 0 Å². The molecule has 1 aliphatic heterocycles. The summed E-state index contributed by atoms with van der Waals surface area (Å²) < 4.78 is 0. The van der Waals surface area contributed by atoms with Gasteiger partial charge in [-0.2, -0.15) is 5.10 Å². The third-order valence-electron chi connectivity index (χ3n) is 4.21. The number of hydrogen-bond donors (Lipinski definition) is 1. The molecule has 2 aromatic heterocycles. The molecule has 0 aliphatic carbocycles. The quantitative estimate of drug-likeness (QED) is 0.922. The second kappa shape index (κ2) is 5.68. The summed E-state index contributed by atoms with van der Waals surface area (Å²) in [5, 5.41) is 7.13. The average molecular weight is 284 g/mol. The lowest BCUT2D eigenvalue weighted by Gasteiger charge is -2.38. The first-order valence-corrected chi connectivity index (χ1v) is 7.45. The van der Waals surface area contributed by atoms with E-state index in [1.165, 1.54) is 6.42 Å². The first-order chi connectivity index (χ1) is 10.2. The third kappa shape index (κ3) is 2.68. The van der Waals surface area contributed by atoms with Gasteiger partial charge in [-0.05, 0) is 51.3 Å². The van der Waals surface area contributed by atoms with Crippen LogP contribution in [0.4, 0.5) is 0 Å². The molecule has 3 rings (SSSR count). The Kier molecular flexibility index (Phi) is 3.73.